The third-order valence-corrected chi connectivity index (χ3v) is 4.81. The molecule has 1 fully saturated rings. The molecular weight excluding hydrogens is 352 g/mol. The molecule has 140 valence electrons. The van der Waals surface area contributed by atoms with E-state index in [1.165, 1.54) is 0 Å². The second-order valence-corrected chi connectivity index (χ2v) is 7.24. The summed E-state index contributed by atoms with van der Waals surface area (Å²) in [5.74, 6) is 1.38. The molecule has 0 aromatic carbocycles. The van der Waals surface area contributed by atoms with Crippen molar-refractivity contribution in [2.75, 3.05) is 13.1 Å². The topological polar surface area (TPSA) is 60.2 Å². The van der Waals surface area contributed by atoms with Crippen LogP contribution in [0.1, 0.15) is 55.8 Å². The van der Waals surface area contributed by atoms with Crippen molar-refractivity contribution in [2.45, 2.75) is 52.2 Å². The monoisotopic (exact) mass is 376 g/mol. The van der Waals surface area contributed by atoms with Crippen LogP contribution in [0.2, 0.25) is 5.02 Å². The number of carbonyl (C=O) groups is 1. The van der Waals surface area contributed by atoms with Crippen molar-refractivity contribution in [3.05, 3.63) is 41.1 Å². The van der Waals surface area contributed by atoms with Crippen molar-refractivity contribution in [3.8, 4) is 5.88 Å². The first kappa shape index (κ1) is 18.7. The summed E-state index contributed by atoms with van der Waals surface area (Å²) in [6, 6.07) is 1.91. The maximum absolute atomic E-state index is 12.9. The lowest BCUT2D eigenvalue weighted by atomic mass is 10.0. The van der Waals surface area contributed by atoms with Crippen LogP contribution in [-0.2, 0) is 6.42 Å². The number of aromatic nitrogens is 3. The summed E-state index contributed by atoms with van der Waals surface area (Å²) in [5, 5.41) is 0.362. The van der Waals surface area contributed by atoms with E-state index < -0.39 is 0 Å². The number of hydrogen-bond donors (Lipinski definition) is 0. The second kappa shape index (κ2) is 8.08. The van der Waals surface area contributed by atoms with Gasteiger partial charge in [-0.1, -0.05) is 18.5 Å². The van der Waals surface area contributed by atoms with Gasteiger partial charge in [-0.25, -0.2) is 9.97 Å². The molecule has 7 heteroatoms. The van der Waals surface area contributed by atoms with Crippen molar-refractivity contribution in [1.29, 1.82) is 0 Å². The first-order chi connectivity index (χ1) is 12.5. The van der Waals surface area contributed by atoms with Crippen molar-refractivity contribution in [2.24, 2.45) is 0 Å². The Balaban J connectivity index is 1.74. The van der Waals surface area contributed by atoms with E-state index in [-0.39, 0.29) is 18.1 Å². The zero-order chi connectivity index (χ0) is 18.7. The number of rotatable bonds is 5. The fourth-order valence-electron chi connectivity index (χ4n) is 3.35. The van der Waals surface area contributed by atoms with Gasteiger partial charge in [-0.05, 0) is 32.8 Å². The standard InChI is InChI=1S/C19H25ClN4O2/c1-4-17-21-7-9-24(17)15-6-5-8-23(12-15)19(25)14-10-16(20)18(22-11-14)26-13(2)3/h7,9-11,13,15H,4-6,8,12H2,1-3H3. The fourth-order valence-corrected chi connectivity index (χ4v) is 3.56. The summed E-state index contributed by atoms with van der Waals surface area (Å²) in [6.07, 6.45) is 8.26. The van der Waals surface area contributed by atoms with E-state index in [1.807, 2.05) is 31.1 Å². The Morgan fingerprint density at radius 1 is 1.42 bits per heavy atom. The summed E-state index contributed by atoms with van der Waals surface area (Å²) in [7, 11) is 0. The number of ether oxygens (including phenoxy) is 1. The van der Waals surface area contributed by atoms with E-state index in [0.717, 1.165) is 31.6 Å². The average molecular weight is 377 g/mol. The molecule has 1 aliphatic heterocycles. The van der Waals surface area contributed by atoms with Gasteiger partial charge in [0.25, 0.3) is 5.91 Å². The quantitative estimate of drug-likeness (QED) is 0.797. The van der Waals surface area contributed by atoms with E-state index in [1.54, 1.807) is 12.3 Å². The Morgan fingerprint density at radius 2 is 2.23 bits per heavy atom. The predicted molar refractivity (Wildman–Crippen MR) is 101 cm³/mol. The summed E-state index contributed by atoms with van der Waals surface area (Å²) >= 11 is 6.24. The summed E-state index contributed by atoms with van der Waals surface area (Å²) < 4.78 is 7.74. The molecule has 0 aliphatic carbocycles. The van der Waals surface area contributed by atoms with Crippen molar-refractivity contribution < 1.29 is 9.53 Å². The van der Waals surface area contributed by atoms with Crippen LogP contribution in [0.3, 0.4) is 0 Å². The van der Waals surface area contributed by atoms with Gasteiger partial charge in [-0.15, -0.1) is 0 Å². The Morgan fingerprint density at radius 3 is 2.92 bits per heavy atom. The molecule has 2 aromatic rings. The van der Waals surface area contributed by atoms with Gasteiger partial charge in [-0.3, -0.25) is 4.79 Å². The van der Waals surface area contributed by atoms with Crippen LogP contribution in [0.5, 0.6) is 5.88 Å². The maximum atomic E-state index is 12.9. The number of carbonyl (C=O) groups excluding carboxylic acids is 1. The normalized spacial score (nSPS) is 17.6. The fraction of sp³-hybridized carbons (Fsp3) is 0.526. The molecule has 1 saturated heterocycles. The Kier molecular flexibility index (Phi) is 5.81. The van der Waals surface area contributed by atoms with Gasteiger partial charge >= 0.3 is 0 Å². The number of halogens is 1. The van der Waals surface area contributed by atoms with Gasteiger partial charge in [-0.2, -0.15) is 0 Å². The third kappa shape index (κ3) is 4.01. The molecule has 0 saturated carbocycles. The van der Waals surface area contributed by atoms with Crippen LogP contribution < -0.4 is 4.74 Å². The van der Waals surface area contributed by atoms with Gasteiger partial charge in [0, 0.05) is 38.1 Å². The molecule has 0 bridgehead atoms. The maximum Gasteiger partial charge on any atom is 0.255 e. The minimum atomic E-state index is -0.0432. The number of hydrogen-bond acceptors (Lipinski definition) is 4. The molecule has 26 heavy (non-hydrogen) atoms. The highest BCUT2D eigenvalue weighted by atomic mass is 35.5. The molecule has 0 N–H and O–H groups in total. The van der Waals surface area contributed by atoms with Crippen LogP contribution >= 0.6 is 11.6 Å². The zero-order valence-corrected chi connectivity index (χ0v) is 16.2. The van der Waals surface area contributed by atoms with Crippen molar-refractivity contribution in [1.82, 2.24) is 19.4 Å². The minimum absolute atomic E-state index is 0.0210. The number of amides is 1. The van der Waals surface area contributed by atoms with E-state index in [4.69, 9.17) is 16.3 Å². The van der Waals surface area contributed by atoms with E-state index in [2.05, 4.69) is 21.5 Å². The van der Waals surface area contributed by atoms with E-state index in [0.29, 0.717) is 23.0 Å². The van der Waals surface area contributed by atoms with Gasteiger partial charge in [0.1, 0.15) is 10.8 Å². The minimum Gasteiger partial charge on any atom is -0.474 e. The highest BCUT2D eigenvalue weighted by molar-refractivity contribution is 6.32. The largest absolute Gasteiger partial charge is 0.474 e. The molecule has 3 rings (SSSR count). The number of nitrogens with zero attached hydrogens (tertiary/aromatic N) is 4. The van der Waals surface area contributed by atoms with Crippen LogP contribution in [-0.4, -0.2) is 44.5 Å². The van der Waals surface area contributed by atoms with Gasteiger partial charge in [0.2, 0.25) is 5.88 Å². The summed E-state index contributed by atoms with van der Waals surface area (Å²) in [5.41, 5.74) is 0.494. The van der Waals surface area contributed by atoms with E-state index >= 15 is 0 Å². The van der Waals surface area contributed by atoms with Gasteiger partial charge < -0.3 is 14.2 Å². The Bertz CT molecular complexity index is 775. The van der Waals surface area contributed by atoms with E-state index in [9.17, 15) is 4.79 Å². The number of aryl methyl sites for hydroxylation is 1. The molecule has 6 nitrogen and oxygen atoms in total. The lowest BCUT2D eigenvalue weighted by Gasteiger charge is -2.34. The average Bonchev–Trinajstić information content (AvgIpc) is 3.11. The third-order valence-electron chi connectivity index (χ3n) is 4.54. The summed E-state index contributed by atoms with van der Waals surface area (Å²) in [6.45, 7) is 7.33. The molecule has 0 radical (unpaired) electrons. The first-order valence-electron chi connectivity index (χ1n) is 9.12. The molecule has 3 heterocycles. The lowest BCUT2D eigenvalue weighted by Crippen LogP contribution is -2.41. The lowest BCUT2D eigenvalue weighted by molar-refractivity contribution is 0.0677. The van der Waals surface area contributed by atoms with Crippen LogP contribution in [0, 0.1) is 0 Å². The molecule has 1 aliphatic rings. The molecule has 2 aromatic heterocycles. The number of piperidine rings is 1. The SMILES string of the molecule is CCc1nccn1C1CCCN(C(=O)c2cnc(OC(C)C)c(Cl)c2)C1. The Hall–Kier alpha value is -2.08. The Labute approximate surface area is 159 Å². The molecular formula is C19H25ClN4O2. The van der Waals surface area contributed by atoms with Crippen molar-refractivity contribution >= 4 is 17.5 Å². The first-order valence-corrected chi connectivity index (χ1v) is 9.50. The number of pyridine rings is 1. The second-order valence-electron chi connectivity index (χ2n) is 6.83. The smallest absolute Gasteiger partial charge is 0.255 e. The number of imidazole rings is 1. The zero-order valence-electron chi connectivity index (χ0n) is 15.5. The molecule has 1 unspecified atom stereocenters. The predicted octanol–water partition coefficient (Wildman–Crippen LogP) is 3.76. The highest BCUT2D eigenvalue weighted by Crippen LogP contribution is 2.27. The molecule has 1 amide bonds. The van der Waals surface area contributed by atoms with Gasteiger partial charge in [0.15, 0.2) is 0 Å². The summed E-state index contributed by atoms with van der Waals surface area (Å²) in [4.78, 5) is 23.4. The number of likely N-dealkylation sites (tertiary alicyclic amines) is 1. The molecule has 0 spiro atoms. The van der Waals surface area contributed by atoms with Gasteiger partial charge in [0.05, 0.1) is 17.7 Å². The van der Waals surface area contributed by atoms with Crippen LogP contribution in [0.4, 0.5) is 0 Å². The van der Waals surface area contributed by atoms with Crippen molar-refractivity contribution in [3.63, 3.8) is 0 Å². The molecule has 1 atom stereocenters. The van der Waals surface area contributed by atoms with Crippen LogP contribution in [0.25, 0.3) is 0 Å². The van der Waals surface area contributed by atoms with Crippen LogP contribution in [0.15, 0.2) is 24.7 Å². The highest BCUT2D eigenvalue weighted by Gasteiger charge is 2.27.